The highest BCUT2D eigenvalue weighted by molar-refractivity contribution is 7.09. The number of anilines is 1. The number of aryl methyl sites for hydroxylation is 1. The number of benzene rings is 1. The maximum absolute atomic E-state index is 12.4. The van der Waals surface area contributed by atoms with Crippen LogP contribution in [0.1, 0.15) is 5.01 Å². The Kier molecular flexibility index (Phi) is 5.52. The van der Waals surface area contributed by atoms with E-state index in [1.165, 1.54) is 20.3 Å². The van der Waals surface area contributed by atoms with Crippen molar-refractivity contribution in [2.45, 2.75) is 6.92 Å². The lowest BCUT2D eigenvalue weighted by molar-refractivity contribution is -0.139. The molecule has 27 heavy (non-hydrogen) atoms. The van der Waals surface area contributed by atoms with Gasteiger partial charge in [0.2, 0.25) is 0 Å². The smallest absolute Gasteiger partial charge is 0.355 e. The molecule has 3 rings (SSSR count). The molecule has 1 aromatic carbocycles. The van der Waals surface area contributed by atoms with Crippen molar-refractivity contribution in [3.63, 3.8) is 0 Å². The van der Waals surface area contributed by atoms with Crippen LogP contribution in [0.25, 0.3) is 11.3 Å². The summed E-state index contributed by atoms with van der Waals surface area (Å²) in [5.74, 6) is -1.25. The third-order valence-corrected chi connectivity index (χ3v) is 4.72. The Balaban J connectivity index is 2.04. The number of ether oxygens (including phenoxy) is 2. The molecule has 1 aromatic heterocycles. The Morgan fingerprint density at radius 2 is 1.74 bits per heavy atom. The molecule has 0 saturated heterocycles. The van der Waals surface area contributed by atoms with E-state index in [0.717, 1.165) is 16.3 Å². The van der Waals surface area contributed by atoms with Crippen LogP contribution in [-0.4, -0.2) is 31.1 Å². The number of hydrogen-bond donors (Lipinski definition) is 0. The zero-order valence-electron chi connectivity index (χ0n) is 15.1. The van der Waals surface area contributed by atoms with Gasteiger partial charge in [0.15, 0.2) is 0 Å². The van der Waals surface area contributed by atoms with Gasteiger partial charge in [0.25, 0.3) is 0 Å². The van der Waals surface area contributed by atoms with E-state index in [-0.39, 0.29) is 11.3 Å². The predicted molar refractivity (Wildman–Crippen MR) is 104 cm³/mol. The van der Waals surface area contributed by atoms with Gasteiger partial charge in [-0.2, -0.15) is 0 Å². The molecule has 0 radical (unpaired) electrons. The number of carbonyl (C=O) groups is 2. The Bertz CT molecular complexity index is 955. The van der Waals surface area contributed by atoms with Gasteiger partial charge in [-0.25, -0.2) is 14.6 Å². The lowest BCUT2D eigenvalue weighted by Gasteiger charge is -2.23. The van der Waals surface area contributed by atoms with Gasteiger partial charge in [-0.1, -0.05) is 18.2 Å². The quantitative estimate of drug-likeness (QED) is 0.753. The van der Waals surface area contributed by atoms with Gasteiger partial charge in [0.05, 0.1) is 30.5 Å². The fourth-order valence-corrected chi connectivity index (χ4v) is 3.28. The molecule has 0 amide bonds. The third kappa shape index (κ3) is 3.83. The van der Waals surface area contributed by atoms with Gasteiger partial charge in [0, 0.05) is 22.8 Å². The number of rotatable bonds is 4. The van der Waals surface area contributed by atoms with E-state index in [0.29, 0.717) is 5.69 Å². The number of nitrogens with zero attached hydrogens (tertiary/aromatic N) is 2. The molecule has 0 spiro atoms. The van der Waals surface area contributed by atoms with Crippen LogP contribution < -0.4 is 4.90 Å². The van der Waals surface area contributed by atoms with Crippen LogP contribution in [0.2, 0.25) is 0 Å². The monoisotopic (exact) mass is 382 g/mol. The number of aromatic nitrogens is 1. The summed E-state index contributed by atoms with van der Waals surface area (Å²) in [6.07, 6.45) is 6.62. The number of allylic oxidation sites excluding steroid dienone is 2. The number of thiazole rings is 1. The van der Waals surface area contributed by atoms with Crippen molar-refractivity contribution < 1.29 is 19.1 Å². The van der Waals surface area contributed by atoms with Crippen LogP contribution in [0, 0.1) is 6.92 Å². The minimum atomic E-state index is -0.634. The molecule has 1 aliphatic rings. The van der Waals surface area contributed by atoms with Crippen molar-refractivity contribution in [1.82, 2.24) is 4.98 Å². The van der Waals surface area contributed by atoms with Crippen LogP contribution in [0.3, 0.4) is 0 Å². The second-order valence-corrected chi connectivity index (χ2v) is 6.68. The SMILES string of the molecule is COC(=O)C1=C(C(=O)OC)N(c2ccc(-c3csc(C)n3)cc2)C=CC=C1. The third-order valence-electron chi connectivity index (χ3n) is 3.95. The van der Waals surface area contributed by atoms with E-state index in [9.17, 15) is 9.59 Å². The van der Waals surface area contributed by atoms with Crippen LogP contribution in [0.4, 0.5) is 5.69 Å². The number of esters is 2. The molecule has 2 heterocycles. The Hall–Kier alpha value is -3.19. The molecule has 6 nitrogen and oxygen atoms in total. The van der Waals surface area contributed by atoms with E-state index >= 15 is 0 Å². The topological polar surface area (TPSA) is 68.7 Å². The Morgan fingerprint density at radius 1 is 1.04 bits per heavy atom. The van der Waals surface area contributed by atoms with E-state index in [2.05, 4.69) is 4.98 Å². The zero-order chi connectivity index (χ0) is 19.4. The van der Waals surface area contributed by atoms with Crippen LogP contribution in [0.5, 0.6) is 0 Å². The van der Waals surface area contributed by atoms with Crippen molar-refractivity contribution >= 4 is 29.0 Å². The number of hydrogen-bond acceptors (Lipinski definition) is 7. The maximum Gasteiger partial charge on any atom is 0.355 e. The summed E-state index contributed by atoms with van der Waals surface area (Å²) in [6, 6.07) is 7.56. The highest BCUT2D eigenvalue weighted by atomic mass is 32.1. The van der Waals surface area contributed by atoms with Gasteiger partial charge >= 0.3 is 11.9 Å². The van der Waals surface area contributed by atoms with E-state index in [1.54, 1.807) is 34.6 Å². The highest BCUT2D eigenvalue weighted by Crippen LogP contribution is 2.29. The molecule has 0 N–H and O–H groups in total. The van der Waals surface area contributed by atoms with Gasteiger partial charge in [-0.3, -0.25) is 0 Å². The highest BCUT2D eigenvalue weighted by Gasteiger charge is 2.27. The normalized spacial score (nSPS) is 13.5. The Morgan fingerprint density at radius 3 is 2.33 bits per heavy atom. The molecule has 0 saturated carbocycles. The van der Waals surface area contributed by atoms with Gasteiger partial charge in [-0.05, 0) is 31.2 Å². The molecular weight excluding hydrogens is 364 g/mol. The van der Waals surface area contributed by atoms with Crippen molar-refractivity contribution in [2.75, 3.05) is 19.1 Å². The fourth-order valence-electron chi connectivity index (χ4n) is 2.65. The van der Waals surface area contributed by atoms with E-state index in [1.807, 2.05) is 36.6 Å². The van der Waals surface area contributed by atoms with Crippen LogP contribution >= 0.6 is 11.3 Å². The lowest BCUT2D eigenvalue weighted by atomic mass is 10.1. The average Bonchev–Trinajstić information content (AvgIpc) is 3.01. The summed E-state index contributed by atoms with van der Waals surface area (Å²) in [4.78, 5) is 30.7. The molecule has 0 aliphatic carbocycles. The number of methoxy groups -OCH3 is 2. The molecular formula is C20H18N2O4S. The molecule has 138 valence electrons. The van der Waals surface area contributed by atoms with Crippen molar-refractivity contribution in [3.05, 3.63) is 70.4 Å². The second kappa shape index (κ2) is 8.01. The van der Waals surface area contributed by atoms with Gasteiger partial charge in [-0.15, -0.1) is 11.3 Å². The summed E-state index contributed by atoms with van der Waals surface area (Å²) < 4.78 is 9.71. The summed E-state index contributed by atoms with van der Waals surface area (Å²) in [5.41, 5.74) is 2.78. The second-order valence-electron chi connectivity index (χ2n) is 5.61. The standard InChI is InChI=1S/C20H18N2O4S/c1-13-21-17(12-27-13)14-7-9-15(10-8-14)22-11-5-4-6-16(19(23)25-2)18(22)20(24)26-3/h4-12H,1-3H3. The molecule has 2 aromatic rings. The van der Waals surface area contributed by atoms with Gasteiger partial charge < -0.3 is 14.4 Å². The van der Waals surface area contributed by atoms with Crippen LogP contribution in [0.15, 0.2) is 65.3 Å². The fraction of sp³-hybridized carbons (Fsp3) is 0.150. The van der Waals surface area contributed by atoms with E-state index in [4.69, 9.17) is 9.47 Å². The Labute approximate surface area is 161 Å². The van der Waals surface area contributed by atoms with Crippen molar-refractivity contribution in [3.8, 4) is 11.3 Å². The first kappa shape index (κ1) is 18.6. The largest absolute Gasteiger partial charge is 0.465 e. The first-order valence-electron chi connectivity index (χ1n) is 8.12. The average molecular weight is 382 g/mol. The van der Waals surface area contributed by atoms with Crippen molar-refractivity contribution in [1.29, 1.82) is 0 Å². The first-order valence-corrected chi connectivity index (χ1v) is 9.00. The molecule has 7 heteroatoms. The van der Waals surface area contributed by atoms with Crippen molar-refractivity contribution in [2.24, 2.45) is 0 Å². The summed E-state index contributed by atoms with van der Waals surface area (Å²) in [5, 5.41) is 2.99. The zero-order valence-corrected chi connectivity index (χ0v) is 15.9. The van der Waals surface area contributed by atoms with Gasteiger partial charge in [0.1, 0.15) is 5.70 Å². The first-order chi connectivity index (χ1) is 13.0. The molecule has 0 bridgehead atoms. The minimum Gasteiger partial charge on any atom is -0.465 e. The number of carbonyl (C=O) groups excluding carboxylic acids is 2. The minimum absolute atomic E-state index is 0.0894. The van der Waals surface area contributed by atoms with E-state index < -0.39 is 11.9 Å². The predicted octanol–water partition coefficient (Wildman–Crippen LogP) is 3.61. The summed E-state index contributed by atoms with van der Waals surface area (Å²) in [7, 11) is 2.54. The molecule has 1 aliphatic heterocycles. The molecule has 0 atom stereocenters. The molecule has 0 unspecified atom stereocenters. The molecule has 0 fully saturated rings. The summed E-state index contributed by atoms with van der Waals surface area (Å²) in [6.45, 7) is 1.96. The van der Waals surface area contributed by atoms with Crippen LogP contribution in [-0.2, 0) is 19.1 Å². The summed E-state index contributed by atoms with van der Waals surface area (Å²) >= 11 is 1.59. The maximum atomic E-state index is 12.4. The lowest BCUT2D eigenvalue weighted by Crippen LogP contribution is -2.26.